The van der Waals surface area contributed by atoms with Gasteiger partial charge in [0.25, 0.3) is 0 Å². The summed E-state index contributed by atoms with van der Waals surface area (Å²) in [5.41, 5.74) is 3.41. The number of likely N-dealkylation sites (tertiary alicyclic amines) is 1. The van der Waals surface area contributed by atoms with E-state index in [9.17, 15) is 9.18 Å². The summed E-state index contributed by atoms with van der Waals surface area (Å²) in [5, 5.41) is 11.7. The van der Waals surface area contributed by atoms with Gasteiger partial charge in [-0.2, -0.15) is 0 Å². The Balaban J connectivity index is 1.38. The minimum Gasteiger partial charge on any atom is -0.341 e. The number of halogens is 1. The van der Waals surface area contributed by atoms with Gasteiger partial charge in [0.2, 0.25) is 5.91 Å². The van der Waals surface area contributed by atoms with Crippen LogP contribution in [0.3, 0.4) is 0 Å². The van der Waals surface area contributed by atoms with E-state index in [0.717, 1.165) is 44.3 Å². The maximum Gasteiger partial charge on any atom is 0.247 e. The third-order valence-corrected chi connectivity index (χ3v) is 6.44. The van der Waals surface area contributed by atoms with E-state index in [0.29, 0.717) is 18.2 Å². The highest BCUT2D eigenvalue weighted by atomic mass is 19.1. The molecule has 1 aliphatic rings. The molecule has 2 aromatic carbocycles. The van der Waals surface area contributed by atoms with Gasteiger partial charge in [-0.1, -0.05) is 42.0 Å². The number of nitrogens with zero attached hydrogens (tertiary/aromatic N) is 5. The standard InChI is InChI=1S/C25H30FN5O/c1-18-6-8-20(9-7-18)10-11-21-12-14-30(15-13-21)25(32)24(31-19(2)27-28-29-31)17-22-4-3-5-23(26)16-22/h3-9,16,21,24H,10-15,17H2,1-2H3/t24-/m0/s1. The Morgan fingerprint density at radius 3 is 2.50 bits per heavy atom. The molecule has 2 heterocycles. The SMILES string of the molecule is Cc1ccc(CCC2CCN(C(=O)[C@H](Cc3cccc(F)c3)n3nnnc3C)CC2)cc1. The van der Waals surface area contributed by atoms with Gasteiger partial charge in [0, 0.05) is 19.5 Å². The van der Waals surface area contributed by atoms with Crippen LogP contribution in [0.2, 0.25) is 0 Å². The number of piperidine rings is 1. The third-order valence-electron chi connectivity index (χ3n) is 6.44. The first-order valence-corrected chi connectivity index (χ1v) is 11.3. The molecule has 32 heavy (non-hydrogen) atoms. The molecule has 1 amide bonds. The molecule has 1 fully saturated rings. The second-order valence-electron chi connectivity index (χ2n) is 8.81. The van der Waals surface area contributed by atoms with E-state index in [1.54, 1.807) is 17.7 Å². The van der Waals surface area contributed by atoms with E-state index in [2.05, 4.69) is 46.7 Å². The lowest BCUT2D eigenvalue weighted by Crippen LogP contribution is -2.43. The van der Waals surface area contributed by atoms with Gasteiger partial charge in [0.05, 0.1) is 0 Å². The molecule has 0 spiro atoms. The highest BCUT2D eigenvalue weighted by Gasteiger charge is 2.31. The van der Waals surface area contributed by atoms with E-state index in [4.69, 9.17) is 0 Å². The zero-order chi connectivity index (χ0) is 22.5. The normalized spacial score (nSPS) is 15.7. The largest absolute Gasteiger partial charge is 0.341 e. The van der Waals surface area contributed by atoms with Crippen LogP contribution >= 0.6 is 0 Å². The Morgan fingerprint density at radius 1 is 1.09 bits per heavy atom. The molecule has 6 nitrogen and oxygen atoms in total. The van der Waals surface area contributed by atoms with Crippen molar-refractivity contribution in [3.63, 3.8) is 0 Å². The number of tetrazole rings is 1. The fraction of sp³-hybridized carbons (Fsp3) is 0.440. The Morgan fingerprint density at radius 2 is 1.84 bits per heavy atom. The van der Waals surface area contributed by atoms with Crippen molar-refractivity contribution in [2.45, 2.75) is 52.0 Å². The van der Waals surface area contributed by atoms with Crippen LogP contribution in [0.15, 0.2) is 48.5 Å². The van der Waals surface area contributed by atoms with Crippen molar-refractivity contribution in [2.24, 2.45) is 5.92 Å². The van der Waals surface area contributed by atoms with Crippen molar-refractivity contribution in [3.05, 3.63) is 76.9 Å². The molecule has 0 N–H and O–H groups in total. The number of hydrogen-bond donors (Lipinski definition) is 0. The van der Waals surface area contributed by atoms with Crippen LogP contribution in [0.25, 0.3) is 0 Å². The number of benzene rings is 2. The molecule has 1 aromatic heterocycles. The Labute approximate surface area is 188 Å². The van der Waals surface area contributed by atoms with Crippen molar-refractivity contribution in [1.82, 2.24) is 25.1 Å². The summed E-state index contributed by atoms with van der Waals surface area (Å²) in [7, 11) is 0. The van der Waals surface area contributed by atoms with E-state index in [1.165, 1.54) is 23.3 Å². The number of amides is 1. The molecular formula is C25H30FN5O. The van der Waals surface area contributed by atoms with Gasteiger partial charge in [0.15, 0.2) is 0 Å². The molecule has 1 aliphatic heterocycles. The van der Waals surface area contributed by atoms with Crippen LogP contribution in [0, 0.1) is 25.6 Å². The Kier molecular flexibility index (Phi) is 6.93. The highest BCUT2D eigenvalue weighted by molar-refractivity contribution is 5.80. The lowest BCUT2D eigenvalue weighted by Gasteiger charge is -2.34. The highest BCUT2D eigenvalue weighted by Crippen LogP contribution is 2.26. The molecular weight excluding hydrogens is 405 g/mol. The molecule has 0 unspecified atom stereocenters. The average molecular weight is 436 g/mol. The van der Waals surface area contributed by atoms with Crippen molar-refractivity contribution >= 4 is 5.91 Å². The van der Waals surface area contributed by atoms with Crippen LogP contribution in [0.1, 0.15) is 47.8 Å². The molecule has 1 atom stereocenters. The maximum absolute atomic E-state index is 13.7. The van der Waals surface area contributed by atoms with Gasteiger partial charge in [-0.25, -0.2) is 9.07 Å². The number of aromatic nitrogens is 4. The summed E-state index contributed by atoms with van der Waals surface area (Å²) in [6.45, 7) is 5.36. The quantitative estimate of drug-likeness (QED) is 0.561. The Bertz CT molecular complexity index is 1040. The minimum absolute atomic E-state index is 0.00152. The monoisotopic (exact) mass is 435 g/mol. The number of carbonyl (C=O) groups excluding carboxylic acids is 1. The van der Waals surface area contributed by atoms with Gasteiger partial charge in [-0.3, -0.25) is 4.79 Å². The number of aryl methyl sites for hydroxylation is 3. The first-order valence-electron chi connectivity index (χ1n) is 11.3. The summed E-state index contributed by atoms with van der Waals surface area (Å²) >= 11 is 0. The first-order chi connectivity index (χ1) is 15.5. The zero-order valence-electron chi connectivity index (χ0n) is 18.7. The minimum atomic E-state index is -0.573. The second kappa shape index (κ2) is 10.0. The molecule has 1 saturated heterocycles. The number of carbonyl (C=O) groups is 1. The summed E-state index contributed by atoms with van der Waals surface area (Å²) < 4.78 is 15.3. The van der Waals surface area contributed by atoms with Crippen LogP contribution in [0.5, 0.6) is 0 Å². The van der Waals surface area contributed by atoms with E-state index >= 15 is 0 Å². The Hall–Kier alpha value is -3.09. The molecule has 0 saturated carbocycles. The van der Waals surface area contributed by atoms with E-state index in [-0.39, 0.29) is 11.7 Å². The average Bonchev–Trinajstić information content (AvgIpc) is 3.22. The number of rotatable bonds is 7. The summed E-state index contributed by atoms with van der Waals surface area (Å²) in [4.78, 5) is 15.4. The van der Waals surface area contributed by atoms with Crippen molar-refractivity contribution < 1.29 is 9.18 Å². The summed E-state index contributed by atoms with van der Waals surface area (Å²) in [6, 6.07) is 14.5. The fourth-order valence-corrected chi connectivity index (χ4v) is 4.47. The van der Waals surface area contributed by atoms with Gasteiger partial charge >= 0.3 is 0 Å². The molecule has 0 bridgehead atoms. The van der Waals surface area contributed by atoms with Crippen molar-refractivity contribution in [2.75, 3.05) is 13.1 Å². The van der Waals surface area contributed by atoms with Gasteiger partial charge in [-0.15, -0.1) is 5.10 Å². The molecule has 0 aliphatic carbocycles. The second-order valence-corrected chi connectivity index (χ2v) is 8.81. The molecule has 0 radical (unpaired) electrons. The van der Waals surface area contributed by atoms with E-state index < -0.39 is 6.04 Å². The molecule has 4 rings (SSSR count). The predicted octanol–water partition coefficient (Wildman–Crippen LogP) is 4.08. The predicted molar refractivity (Wildman–Crippen MR) is 120 cm³/mol. The topological polar surface area (TPSA) is 63.9 Å². The smallest absolute Gasteiger partial charge is 0.247 e. The lowest BCUT2D eigenvalue weighted by atomic mass is 9.90. The maximum atomic E-state index is 13.7. The molecule has 7 heteroatoms. The summed E-state index contributed by atoms with van der Waals surface area (Å²) in [6.07, 6.45) is 4.57. The van der Waals surface area contributed by atoms with Crippen LogP contribution in [0.4, 0.5) is 4.39 Å². The van der Waals surface area contributed by atoms with Gasteiger partial charge in [-0.05, 0) is 79.1 Å². The summed E-state index contributed by atoms with van der Waals surface area (Å²) in [5.74, 6) is 0.891. The van der Waals surface area contributed by atoms with Gasteiger partial charge < -0.3 is 4.90 Å². The first kappa shape index (κ1) is 22.1. The van der Waals surface area contributed by atoms with Crippen molar-refractivity contribution in [3.8, 4) is 0 Å². The zero-order valence-corrected chi connectivity index (χ0v) is 18.7. The number of hydrogen-bond acceptors (Lipinski definition) is 4. The fourth-order valence-electron chi connectivity index (χ4n) is 4.47. The third kappa shape index (κ3) is 5.39. The van der Waals surface area contributed by atoms with Crippen LogP contribution in [-0.2, 0) is 17.6 Å². The lowest BCUT2D eigenvalue weighted by molar-refractivity contribution is -0.136. The van der Waals surface area contributed by atoms with Crippen LogP contribution in [-0.4, -0.2) is 44.1 Å². The van der Waals surface area contributed by atoms with Crippen LogP contribution < -0.4 is 0 Å². The van der Waals surface area contributed by atoms with Crippen molar-refractivity contribution in [1.29, 1.82) is 0 Å². The molecule has 3 aromatic rings. The molecule has 168 valence electrons. The van der Waals surface area contributed by atoms with Gasteiger partial charge in [0.1, 0.15) is 17.7 Å². The van der Waals surface area contributed by atoms with E-state index in [1.807, 2.05) is 11.0 Å².